The summed E-state index contributed by atoms with van der Waals surface area (Å²) >= 11 is 11.6. The molecular weight excluding hydrogens is 466 g/mol. The molecule has 5 nitrogen and oxygen atoms in total. The SMILES string of the molecule is Cc1c(Cl)cccc1N1C(=O)/C(=C/c2cn(Cc3ccccc3)c3ccccc23)C(=O)NC1=S. The average molecular weight is 486 g/mol. The number of carbonyl (C=O) groups is 2. The fourth-order valence-electron chi connectivity index (χ4n) is 4.17. The van der Waals surface area contributed by atoms with Gasteiger partial charge in [-0.05, 0) is 54.5 Å². The van der Waals surface area contributed by atoms with Crippen LogP contribution in [0.15, 0.2) is 84.6 Å². The van der Waals surface area contributed by atoms with Gasteiger partial charge in [0.1, 0.15) is 5.57 Å². The number of halogens is 1. The maximum absolute atomic E-state index is 13.5. The third kappa shape index (κ3) is 3.91. The maximum atomic E-state index is 13.5. The van der Waals surface area contributed by atoms with E-state index in [2.05, 4.69) is 22.0 Å². The van der Waals surface area contributed by atoms with Crippen molar-refractivity contribution in [2.24, 2.45) is 0 Å². The van der Waals surface area contributed by atoms with Crippen LogP contribution in [0.3, 0.4) is 0 Å². The number of benzene rings is 3. The van der Waals surface area contributed by atoms with Gasteiger partial charge >= 0.3 is 0 Å². The summed E-state index contributed by atoms with van der Waals surface area (Å²) in [5.41, 5.74) is 4.20. The lowest BCUT2D eigenvalue weighted by Crippen LogP contribution is -2.54. The number of nitrogens with zero attached hydrogens (tertiary/aromatic N) is 2. The number of carbonyl (C=O) groups excluding carboxylic acids is 2. The van der Waals surface area contributed by atoms with Crippen molar-refractivity contribution >= 4 is 63.4 Å². The summed E-state index contributed by atoms with van der Waals surface area (Å²) in [4.78, 5) is 27.7. The van der Waals surface area contributed by atoms with Crippen LogP contribution in [0.1, 0.15) is 16.7 Å². The van der Waals surface area contributed by atoms with Crippen LogP contribution in [-0.4, -0.2) is 21.5 Å². The summed E-state index contributed by atoms with van der Waals surface area (Å²) in [7, 11) is 0. The number of fused-ring (bicyclic) bond motifs is 1. The van der Waals surface area contributed by atoms with E-state index in [4.69, 9.17) is 23.8 Å². The number of nitrogens with one attached hydrogen (secondary N) is 1. The van der Waals surface area contributed by atoms with Crippen LogP contribution in [-0.2, 0) is 16.1 Å². The van der Waals surface area contributed by atoms with Crippen LogP contribution in [0.25, 0.3) is 17.0 Å². The highest BCUT2D eigenvalue weighted by atomic mass is 35.5. The molecule has 0 bridgehead atoms. The highest BCUT2D eigenvalue weighted by molar-refractivity contribution is 7.80. The van der Waals surface area contributed by atoms with Crippen LogP contribution in [0.4, 0.5) is 5.69 Å². The highest BCUT2D eigenvalue weighted by Gasteiger charge is 2.35. The van der Waals surface area contributed by atoms with Gasteiger partial charge in [0.15, 0.2) is 5.11 Å². The first-order valence-corrected chi connectivity index (χ1v) is 11.5. The number of hydrogen-bond donors (Lipinski definition) is 1. The van der Waals surface area contributed by atoms with Gasteiger partial charge in [-0.25, -0.2) is 0 Å². The number of para-hydroxylation sites is 1. The molecule has 34 heavy (non-hydrogen) atoms. The molecule has 0 atom stereocenters. The van der Waals surface area contributed by atoms with Crippen molar-refractivity contribution in [3.8, 4) is 0 Å². The molecule has 2 heterocycles. The molecule has 0 saturated carbocycles. The van der Waals surface area contributed by atoms with Gasteiger partial charge in [-0.15, -0.1) is 0 Å². The molecule has 1 aromatic heterocycles. The highest BCUT2D eigenvalue weighted by Crippen LogP contribution is 2.31. The summed E-state index contributed by atoms with van der Waals surface area (Å²) < 4.78 is 2.12. The summed E-state index contributed by atoms with van der Waals surface area (Å²) in [6.07, 6.45) is 3.60. The lowest BCUT2D eigenvalue weighted by Gasteiger charge is -2.30. The second-order valence-electron chi connectivity index (χ2n) is 8.06. The van der Waals surface area contributed by atoms with E-state index in [0.29, 0.717) is 22.8 Å². The fraction of sp³-hybridized carbons (Fsp3) is 0.0741. The fourth-order valence-corrected chi connectivity index (χ4v) is 4.61. The zero-order chi connectivity index (χ0) is 23.8. The van der Waals surface area contributed by atoms with E-state index in [-0.39, 0.29) is 10.7 Å². The number of anilines is 1. The van der Waals surface area contributed by atoms with Gasteiger partial charge in [0.2, 0.25) is 0 Å². The molecule has 0 radical (unpaired) electrons. The Morgan fingerprint density at radius 1 is 0.971 bits per heavy atom. The van der Waals surface area contributed by atoms with Crippen molar-refractivity contribution in [3.05, 3.63) is 106 Å². The molecule has 4 aromatic rings. The minimum absolute atomic E-state index is 0.00981. The van der Waals surface area contributed by atoms with Crippen molar-refractivity contribution in [2.45, 2.75) is 13.5 Å². The van der Waals surface area contributed by atoms with Gasteiger partial charge in [0.25, 0.3) is 11.8 Å². The van der Waals surface area contributed by atoms with Crippen LogP contribution in [0.2, 0.25) is 5.02 Å². The minimum atomic E-state index is -0.522. The first-order valence-electron chi connectivity index (χ1n) is 10.7. The third-order valence-corrected chi connectivity index (χ3v) is 6.59. The first-order chi connectivity index (χ1) is 16.4. The molecule has 0 unspecified atom stereocenters. The molecule has 0 spiro atoms. The van der Waals surface area contributed by atoms with Gasteiger partial charge in [-0.1, -0.05) is 66.2 Å². The smallest absolute Gasteiger partial charge is 0.270 e. The zero-order valence-corrected chi connectivity index (χ0v) is 19.9. The molecule has 2 amide bonds. The normalized spacial score (nSPS) is 15.3. The number of thiocarbonyl (C=S) groups is 1. The summed E-state index contributed by atoms with van der Waals surface area (Å²) in [6.45, 7) is 2.48. The van der Waals surface area contributed by atoms with Crippen LogP contribution in [0, 0.1) is 6.92 Å². The van der Waals surface area contributed by atoms with Gasteiger partial charge in [0, 0.05) is 34.2 Å². The topological polar surface area (TPSA) is 54.3 Å². The average Bonchev–Trinajstić information content (AvgIpc) is 3.17. The molecule has 1 N–H and O–H groups in total. The number of aromatic nitrogens is 1. The first kappa shape index (κ1) is 22.1. The second-order valence-corrected chi connectivity index (χ2v) is 8.85. The Morgan fingerprint density at radius 2 is 1.71 bits per heavy atom. The molecule has 1 aliphatic rings. The Kier molecular flexibility index (Phi) is 5.77. The van der Waals surface area contributed by atoms with E-state index in [0.717, 1.165) is 22.0 Å². The number of amides is 2. The molecule has 1 aliphatic heterocycles. The van der Waals surface area contributed by atoms with E-state index in [9.17, 15) is 9.59 Å². The van der Waals surface area contributed by atoms with Gasteiger partial charge in [-0.2, -0.15) is 0 Å². The van der Waals surface area contributed by atoms with E-state index >= 15 is 0 Å². The Hall–Kier alpha value is -3.74. The number of rotatable bonds is 4. The van der Waals surface area contributed by atoms with Gasteiger partial charge in [0.05, 0.1) is 5.69 Å². The lowest BCUT2D eigenvalue weighted by atomic mass is 10.1. The zero-order valence-electron chi connectivity index (χ0n) is 18.3. The van der Waals surface area contributed by atoms with Crippen molar-refractivity contribution < 1.29 is 9.59 Å². The standard InChI is InChI=1S/C27H20ClN3O2S/c1-17-22(28)11-7-13-23(17)31-26(33)21(25(32)29-27(31)34)14-19-16-30(15-18-8-3-2-4-9-18)24-12-6-5-10-20(19)24/h2-14,16H,15H2,1H3,(H,29,32,34)/b21-14+. The lowest BCUT2D eigenvalue weighted by molar-refractivity contribution is -0.122. The Balaban J connectivity index is 1.59. The largest absolute Gasteiger partial charge is 0.342 e. The monoisotopic (exact) mass is 485 g/mol. The molecule has 7 heteroatoms. The van der Waals surface area contributed by atoms with E-state index in [1.807, 2.05) is 55.6 Å². The quantitative estimate of drug-likeness (QED) is 0.236. The predicted octanol–water partition coefficient (Wildman–Crippen LogP) is 5.48. The predicted molar refractivity (Wildman–Crippen MR) is 140 cm³/mol. The van der Waals surface area contributed by atoms with Gasteiger partial charge < -0.3 is 4.57 Å². The molecular formula is C27H20ClN3O2S. The molecule has 1 fully saturated rings. The van der Waals surface area contributed by atoms with E-state index < -0.39 is 11.8 Å². The summed E-state index contributed by atoms with van der Waals surface area (Å²) in [6, 6.07) is 23.3. The van der Waals surface area contributed by atoms with Crippen molar-refractivity contribution in [3.63, 3.8) is 0 Å². The number of hydrogen-bond acceptors (Lipinski definition) is 3. The molecule has 0 aliphatic carbocycles. The Labute approximate surface area is 207 Å². The van der Waals surface area contributed by atoms with Crippen molar-refractivity contribution in [1.82, 2.24) is 9.88 Å². The van der Waals surface area contributed by atoms with Crippen molar-refractivity contribution in [2.75, 3.05) is 4.90 Å². The van der Waals surface area contributed by atoms with Crippen LogP contribution >= 0.6 is 23.8 Å². The Bertz CT molecular complexity index is 1490. The summed E-state index contributed by atoms with van der Waals surface area (Å²) in [5, 5.41) is 4.14. The maximum Gasteiger partial charge on any atom is 0.270 e. The molecule has 168 valence electrons. The van der Waals surface area contributed by atoms with Crippen LogP contribution in [0.5, 0.6) is 0 Å². The Morgan fingerprint density at radius 3 is 2.50 bits per heavy atom. The van der Waals surface area contributed by atoms with Crippen molar-refractivity contribution in [1.29, 1.82) is 0 Å². The second kappa shape index (κ2) is 8.89. The molecule has 3 aromatic carbocycles. The molecule has 1 saturated heterocycles. The summed E-state index contributed by atoms with van der Waals surface area (Å²) in [5.74, 6) is -1.01. The van der Waals surface area contributed by atoms with Crippen LogP contribution < -0.4 is 10.2 Å². The molecule has 5 rings (SSSR count). The third-order valence-electron chi connectivity index (χ3n) is 5.90. The van der Waals surface area contributed by atoms with E-state index in [1.165, 1.54) is 4.90 Å². The minimum Gasteiger partial charge on any atom is -0.342 e. The van der Waals surface area contributed by atoms with E-state index in [1.54, 1.807) is 24.3 Å². The van der Waals surface area contributed by atoms with Gasteiger partial charge in [-0.3, -0.25) is 19.8 Å².